The summed E-state index contributed by atoms with van der Waals surface area (Å²) in [4.78, 5) is 19.0. The molecule has 0 saturated heterocycles. The fourth-order valence-electron chi connectivity index (χ4n) is 1.10. The minimum atomic E-state index is -0.420. The maximum Gasteiger partial charge on any atom is 0.313 e. The molecule has 0 saturated carbocycles. The Bertz CT molecular complexity index is 328. The van der Waals surface area contributed by atoms with Crippen LogP contribution in [0.25, 0.3) is 0 Å². The number of nitrogens with zero attached hydrogens (tertiary/aromatic N) is 2. The highest BCUT2D eigenvalue weighted by molar-refractivity contribution is 5.78. The van der Waals surface area contributed by atoms with Crippen molar-refractivity contribution in [3.63, 3.8) is 0 Å². The zero-order valence-electron chi connectivity index (χ0n) is 8.35. The lowest BCUT2D eigenvalue weighted by atomic mass is 10.1. The van der Waals surface area contributed by atoms with Crippen molar-refractivity contribution >= 4 is 5.97 Å². The van der Waals surface area contributed by atoms with Crippen LogP contribution in [-0.4, -0.2) is 30.2 Å². The third-order valence-electron chi connectivity index (χ3n) is 1.92. The standard InChI is InChI=1S/C9H12N2O3/c1-6(9(12)14-3)7-4-10-5-11-8(7)13-2/h4-6H,1-3H3/t6-/m1/s1. The van der Waals surface area contributed by atoms with Gasteiger partial charge in [-0.2, -0.15) is 0 Å². The molecule has 0 amide bonds. The quantitative estimate of drug-likeness (QED) is 0.668. The van der Waals surface area contributed by atoms with Gasteiger partial charge in [0.25, 0.3) is 0 Å². The van der Waals surface area contributed by atoms with Crippen molar-refractivity contribution in [1.29, 1.82) is 0 Å². The molecule has 1 rings (SSSR count). The number of methoxy groups -OCH3 is 2. The Morgan fingerprint density at radius 3 is 2.79 bits per heavy atom. The number of ether oxygens (including phenoxy) is 2. The molecule has 1 atom stereocenters. The lowest BCUT2D eigenvalue weighted by Crippen LogP contribution is -2.12. The van der Waals surface area contributed by atoms with Gasteiger partial charge >= 0.3 is 5.97 Å². The van der Waals surface area contributed by atoms with Gasteiger partial charge < -0.3 is 9.47 Å². The van der Waals surface area contributed by atoms with E-state index in [0.717, 1.165) is 0 Å². The molecular weight excluding hydrogens is 184 g/mol. The summed E-state index contributed by atoms with van der Waals surface area (Å²) in [5.74, 6) is -0.354. The zero-order chi connectivity index (χ0) is 10.6. The Morgan fingerprint density at radius 2 is 2.21 bits per heavy atom. The van der Waals surface area contributed by atoms with Gasteiger partial charge in [0.1, 0.15) is 6.33 Å². The lowest BCUT2D eigenvalue weighted by molar-refractivity contribution is -0.142. The van der Waals surface area contributed by atoms with Crippen molar-refractivity contribution in [3.05, 3.63) is 18.1 Å². The second-order valence-corrected chi connectivity index (χ2v) is 2.73. The predicted molar refractivity (Wildman–Crippen MR) is 49.0 cm³/mol. The van der Waals surface area contributed by atoms with Crippen LogP contribution >= 0.6 is 0 Å². The van der Waals surface area contributed by atoms with Gasteiger partial charge in [0.15, 0.2) is 0 Å². The third-order valence-corrected chi connectivity index (χ3v) is 1.92. The van der Waals surface area contributed by atoms with E-state index in [1.54, 1.807) is 13.1 Å². The molecule has 14 heavy (non-hydrogen) atoms. The summed E-state index contributed by atoms with van der Waals surface area (Å²) < 4.78 is 9.62. The fourth-order valence-corrected chi connectivity index (χ4v) is 1.10. The molecule has 0 aliphatic rings. The Morgan fingerprint density at radius 1 is 1.50 bits per heavy atom. The molecule has 1 aromatic heterocycles. The average molecular weight is 196 g/mol. The minimum Gasteiger partial charge on any atom is -0.481 e. The van der Waals surface area contributed by atoms with Crippen LogP contribution in [0.1, 0.15) is 18.4 Å². The maximum atomic E-state index is 11.2. The summed E-state index contributed by atoms with van der Waals surface area (Å²) in [6.07, 6.45) is 2.92. The molecule has 76 valence electrons. The van der Waals surface area contributed by atoms with Gasteiger partial charge in [0.2, 0.25) is 5.88 Å². The summed E-state index contributed by atoms with van der Waals surface area (Å²) in [6, 6.07) is 0. The van der Waals surface area contributed by atoms with Gasteiger partial charge in [-0.15, -0.1) is 0 Å². The van der Waals surface area contributed by atoms with Crippen LogP contribution in [0.3, 0.4) is 0 Å². The molecular formula is C9H12N2O3. The molecule has 5 nitrogen and oxygen atoms in total. The van der Waals surface area contributed by atoms with Gasteiger partial charge in [0, 0.05) is 11.8 Å². The van der Waals surface area contributed by atoms with Gasteiger partial charge in [-0.25, -0.2) is 9.97 Å². The first-order chi connectivity index (χ1) is 6.70. The Labute approximate surface area is 82.1 Å². The minimum absolute atomic E-state index is 0.335. The summed E-state index contributed by atoms with van der Waals surface area (Å²) in [5.41, 5.74) is 0.627. The first kappa shape index (κ1) is 10.4. The van der Waals surface area contributed by atoms with Crippen molar-refractivity contribution in [2.24, 2.45) is 0 Å². The van der Waals surface area contributed by atoms with Crippen LogP contribution in [0.15, 0.2) is 12.5 Å². The van der Waals surface area contributed by atoms with Crippen molar-refractivity contribution in [2.75, 3.05) is 14.2 Å². The third kappa shape index (κ3) is 1.99. The Kier molecular flexibility index (Phi) is 3.39. The van der Waals surface area contributed by atoms with Crippen LogP contribution in [-0.2, 0) is 9.53 Å². The normalized spacial score (nSPS) is 11.9. The number of rotatable bonds is 3. The van der Waals surface area contributed by atoms with Crippen molar-refractivity contribution in [2.45, 2.75) is 12.8 Å². The van der Waals surface area contributed by atoms with Crippen molar-refractivity contribution < 1.29 is 14.3 Å². The van der Waals surface area contributed by atoms with E-state index in [1.807, 2.05) is 0 Å². The molecule has 1 aromatic rings. The molecule has 0 N–H and O–H groups in total. The highest BCUT2D eigenvalue weighted by Gasteiger charge is 2.20. The second-order valence-electron chi connectivity index (χ2n) is 2.73. The molecule has 0 radical (unpaired) electrons. The lowest BCUT2D eigenvalue weighted by Gasteiger charge is -2.11. The van der Waals surface area contributed by atoms with Gasteiger partial charge in [-0.05, 0) is 6.92 Å². The van der Waals surface area contributed by atoms with E-state index in [-0.39, 0.29) is 5.97 Å². The number of esters is 1. The van der Waals surface area contributed by atoms with E-state index in [0.29, 0.717) is 11.4 Å². The van der Waals surface area contributed by atoms with E-state index in [2.05, 4.69) is 14.7 Å². The molecule has 0 aliphatic carbocycles. The summed E-state index contributed by atoms with van der Waals surface area (Å²) in [7, 11) is 2.84. The highest BCUT2D eigenvalue weighted by Crippen LogP contribution is 2.23. The Hall–Kier alpha value is -1.65. The maximum absolute atomic E-state index is 11.2. The van der Waals surface area contributed by atoms with Gasteiger partial charge in [-0.1, -0.05) is 0 Å². The monoisotopic (exact) mass is 196 g/mol. The van der Waals surface area contributed by atoms with Crippen LogP contribution in [0.4, 0.5) is 0 Å². The average Bonchev–Trinajstić information content (AvgIpc) is 2.26. The topological polar surface area (TPSA) is 61.3 Å². The highest BCUT2D eigenvalue weighted by atomic mass is 16.5. The van der Waals surface area contributed by atoms with E-state index in [1.165, 1.54) is 20.5 Å². The van der Waals surface area contributed by atoms with E-state index in [9.17, 15) is 4.79 Å². The number of aromatic nitrogens is 2. The van der Waals surface area contributed by atoms with E-state index in [4.69, 9.17) is 4.74 Å². The SMILES string of the molecule is COC(=O)[C@H](C)c1cncnc1OC. The van der Waals surface area contributed by atoms with Crippen LogP contribution in [0, 0.1) is 0 Å². The number of hydrogen-bond acceptors (Lipinski definition) is 5. The van der Waals surface area contributed by atoms with E-state index < -0.39 is 5.92 Å². The van der Waals surface area contributed by atoms with Gasteiger partial charge in [-0.3, -0.25) is 4.79 Å². The molecule has 1 heterocycles. The van der Waals surface area contributed by atoms with Crippen LogP contribution in [0.2, 0.25) is 0 Å². The first-order valence-corrected chi connectivity index (χ1v) is 4.12. The molecule has 0 fully saturated rings. The molecule has 0 aromatic carbocycles. The fraction of sp³-hybridized carbons (Fsp3) is 0.444. The van der Waals surface area contributed by atoms with Gasteiger partial charge in [0.05, 0.1) is 20.1 Å². The number of carbonyl (C=O) groups is 1. The van der Waals surface area contributed by atoms with Crippen LogP contribution in [0.5, 0.6) is 5.88 Å². The molecule has 5 heteroatoms. The molecule has 0 bridgehead atoms. The first-order valence-electron chi connectivity index (χ1n) is 4.12. The second kappa shape index (κ2) is 4.55. The molecule has 0 spiro atoms. The summed E-state index contributed by atoms with van der Waals surface area (Å²) >= 11 is 0. The largest absolute Gasteiger partial charge is 0.481 e. The zero-order valence-corrected chi connectivity index (χ0v) is 8.35. The smallest absolute Gasteiger partial charge is 0.313 e. The van der Waals surface area contributed by atoms with Crippen molar-refractivity contribution in [1.82, 2.24) is 9.97 Å². The molecule has 0 aliphatic heterocycles. The summed E-state index contributed by atoms with van der Waals surface area (Å²) in [5, 5.41) is 0. The number of carbonyl (C=O) groups excluding carboxylic acids is 1. The van der Waals surface area contributed by atoms with Crippen LogP contribution < -0.4 is 4.74 Å². The Balaban J connectivity index is 2.99. The predicted octanol–water partition coefficient (Wildman–Crippen LogP) is 0.762. The van der Waals surface area contributed by atoms with E-state index >= 15 is 0 Å². The van der Waals surface area contributed by atoms with Crippen molar-refractivity contribution in [3.8, 4) is 5.88 Å². The molecule has 0 unspecified atom stereocenters. The number of hydrogen-bond donors (Lipinski definition) is 0. The summed E-state index contributed by atoms with van der Waals surface area (Å²) in [6.45, 7) is 1.72.